The first-order chi connectivity index (χ1) is 25.9. The number of hydrogen-bond acceptors (Lipinski definition) is 11. The lowest BCUT2D eigenvalue weighted by Crippen LogP contribution is -2.20. The van der Waals surface area contributed by atoms with Gasteiger partial charge < -0.3 is 25.9 Å². The van der Waals surface area contributed by atoms with Crippen molar-refractivity contribution < 1.29 is 29.0 Å². The van der Waals surface area contributed by atoms with E-state index in [0.29, 0.717) is 58.1 Å². The Kier molecular flexibility index (Phi) is 10.5. The number of benzene rings is 1. The van der Waals surface area contributed by atoms with E-state index in [4.69, 9.17) is 16.2 Å². The average molecular weight is 738 g/mol. The number of ether oxygens (including phenoxy) is 1. The van der Waals surface area contributed by atoms with Crippen LogP contribution in [0.4, 0.5) is 11.9 Å². The van der Waals surface area contributed by atoms with Crippen LogP contribution in [0.1, 0.15) is 66.9 Å². The van der Waals surface area contributed by atoms with Crippen molar-refractivity contribution in [2.24, 2.45) is 11.5 Å². The number of nitrogens with two attached hydrogens (primary N) is 2. The fraction of sp³-hybridized carbons (Fsp3) is 0.286. The second-order valence-corrected chi connectivity index (χ2v) is 12.2. The number of carbonyl (C=O) groups excluding carboxylic acids is 4. The van der Waals surface area contributed by atoms with Gasteiger partial charge in [-0.1, -0.05) is 12.2 Å². The zero-order valence-corrected chi connectivity index (χ0v) is 30.0. The Labute approximate surface area is 307 Å². The first-order valence-corrected chi connectivity index (χ1v) is 17.0. The predicted octanol–water partition coefficient (Wildman–Crippen LogP) is 2.16. The van der Waals surface area contributed by atoms with Crippen LogP contribution in [0.2, 0.25) is 0 Å². The summed E-state index contributed by atoms with van der Waals surface area (Å²) in [6, 6.07) is 7.77. The Balaban J connectivity index is 1.37. The number of aryl methyl sites for hydroxylation is 4. The van der Waals surface area contributed by atoms with Crippen LogP contribution in [-0.4, -0.2) is 85.6 Å². The first-order valence-electron chi connectivity index (χ1n) is 17.0. The molecule has 5 aromatic heterocycles. The van der Waals surface area contributed by atoms with Gasteiger partial charge in [-0.25, -0.2) is 15.0 Å². The van der Waals surface area contributed by atoms with Crippen LogP contribution < -0.4 is 26.8 Å². The number of amides is 4. The predicted molar refractivity (Wildman–Crippen MR) is 197 cm³/mol. The third-order valence-corrected chi connectivity index (χ3v) is 8.37. The summed E-state index contributed by atoms with van der Waals surface area (Å²) < 4.78 is 12.3. The lowest BCUT2D eigenvalue weighted by molar-refractivity contribution is 0.0991. The zero-order valence-electron chi connectivity index (χ0n) is 30.0. The highest BCUT2D eigenvalue weighted by molar-refractivity contribution is 6.05. The van der Waals surface area contributed by atoms with Gasteiger partial charge in [0.25, 0.3) is 11.8 Å². The number of nitrogens with one attached hydrogen (secondary N) is 2. The summed E-state index contributed by atoms with van der Waals surface area (Å²) in [5, 5.41) is 23.9. The number of nitrogens with zero attached hydrogens (tertiary/aromatic N) is 9. The summed E-state index contributed by atoms with van der Waals surface area (Å²) in [5.41, 5.74) is 14.8. The van der Waals surface area contributed by atoms with Crippen LogP contribution in [0.25, 0.3) is 22.2 Å². The number of aliphatic hydroxyl groups excluding tert-OH is 1. The fourth-order valence-electron chi connectivity index (χ4n) is 5.95. The first kappa shape index (κ1) is 36.9. The molecule has 6 aromatic rings. The number of aromatic nitrogens is 9. The Bertz CT molecular complexity index is 2450. The van der Waals surface area contributed by atoms with Crippen molar-refractivity contribution in [1.82, 2.24) is 43.6 Å². The second-order valence-electron chi connectivity index (χ2n) is 12.2. The number of pyridine rings is 1. The molecule has 0 spiro atoms. The summed E-state index contributed by atoms with van der Waals surface area (Å²) in [5.74, 6) is -1.77. The van der Waals surface area contributed by atoms with Gasteiger partial charge in [-0.15, -0.1) is 0 Å². The third-order valence-electron chi connectivity index (χ3n) is 8.37. The number of imidazole rings is 2. The lowest BCUT2D eigenvalue weighted by atomic mass is 10.1. The van der Waals surface area contributed by atoms with Gasteiger partial charge >= 0.3 is 0 Å². The van der Waals surface area contributed by atoms with Crippen molar-refractivity contribution in [2.45, 2.75) is 53.9 Å². The zero-order chi connectivity index (χ0) is 38.7. The Morgan fingerprint density at radius 1 is 0.778 bits per heavy atom. The molecule has 0 bridgehead atoms. The van der Waals surface area contributed by atoms with Gasteiger partial charge in [0.2, 0.25) is 23.7 Å². The largest absolute Gasteiger partial charge is 0.489 e. The fourth-order valence-corrected chi connectivity index (χ4v) is 5.95. The molecule has 0 saturated carbocycles. The van der Waals surface area contributed by atoms with Gasteiger partial charge in [0.05, 0.1) is 29.1 Å². The minimum atomic E-state index is -0.714. The number of hydrogen-bond donors (Lipinski definition) is 5. The number of carbonyl (C=O) groups is 4. The van der Waals surface area contributed by atoms with E-state index in [1.165, 1.54) is 24.4 Å². The molecule has 5 heterocycles. The van der Waals surface area contributed by atoms with Gasteiger partial charge in [-0.2, -0.15) is 10.2 Å². The van der Waals surface area contributed by atoms with E-state index in [2.05, 4.69) is 35.8 Å². The van der Waals surface area contributed by atoms with Crippen LogP contribution >= 0.6 is 0 Å². The van der Waals surface area contributed by atoms with Crippen molar-refractivity contribution in [2.75, 3.05) is 23.8 Å². The van der Waals surface area contributed by atoms with Crippen LogP contribution in [0.15, 0.2) is 48.7 Å². The van der Waals surface area contributed by atoms with Gasteiger partial charge in [-0.3, -0.25) is 43.7 Å². The number of fused-ring (bicyclic) bond motifs is 2. The molecule has 0 atom stereocenters. The smallest absolute Gasteiger partial charge is 0.276 e. The lowest BCUT2D eigenvalue weighted by Gasteiger charge is -2.12. The van der Waals surface area contributed by atoms with E-state index in [1.54, 1.807) is 56.6 Å². The SMILES string of the molecule is CCn1nc(C)cc1C(=O)Nc1nc2cc(C(N)=O)cnc2n1C/C=C/Cn1c(NC(=O)c2cc(C)nn2CC)nc2cc(C(N)=O)cc(OCCO)c21. The molecule has 4 amide bonds. The van der Waals surface area contributed by atoms with Gasteiger partial charge in [0, 0.05) is 37.9 Å². The third kappa shape index (κ3) is 7.37. The van der Waals surface area contributed by atoms with Crippen LogP contribution in [0.5, 0.6) is 5.75 Å². The number of allylic oxidation sites excluding steroid dienone is 2. The molecule has 19 heteroatoms. The van der Waals surface area contributed by atoms with E-state index in [-0.39, 0.29) is 55.1 Å². The molecule has 280 valence electrons. The monoisotopic (exact) mass is 737 g/mol. The van der Waals surface area contributed by atoms with E-state index < -0.39 is 23.6 Å². The van der Waals surface area contributed by atoms with E-state index in [1.807, 2.05) is 13.8 Å². The second kappa shape index (κ2) is 15.4. The Morgan fingerprint density at radius 2 is 1.31 bits per heavy atom. The summed E-state index contributed by atoms with van der Waals surface area (Å²) in [7, 11) is 0. The van der Waals surface area contributed by atoms with Gasteiger partial charge in [0.1, 0.15) is 34.8 Å². The summed E-state index contributed by atoms with van der Waals surface area (Å²) >= 11 is 0. The molecular formula is C35H39N13O6. The van der Waals surface area contributed by atoms with Crippen LogP contribution in [-0.2, 0) is 26.2 Å². The summed E-state index contributed by atoms with van der Waals surface area (Å²) in [6.07, 6.45) is 4.92. The van der Waals surface area contributed by atoms with Crippen molar-refractivity contribution in [3.8, 4) is 5.75 Å². The van der Waals surface area contributed by atoms with Crippen molar-refractivity contribution in [3.05, 3.63) is 82.6 Å². The van der Waals surface area contributed by atoms with E-state index in [9.17, 15) is 24.3 Å². The molecule has 0 fully saturated rings. The number of primary amides is 2. The maximum absolute atomic E-state index is 13.5. The number of rotatable bonds is 15. The molecule has 0 unspecified atom stereocenters. The molecule has 7 N–H and O–H groups in total. The molecule has 0 aliphatic rings. The average Bonchev–Trinajstić information content (AvgIpc) is 3.90. The quantitative estimate of drug-likeness (QED) is 0.0954. The van der Waals surface area contributed by atoms with Crippen LogP contribution in [0, 0.1) is 13.8 Å². The van der Waals surface area contributed by atoms with E-state index in [0.717, 1.165) is 0 Å². The molecule has 54 heavy (non-hydrogen) atoms. The molecule has 0 radical (unpaired) electrons. The molecular weight excluding hydrogens is 698 g/mol. The number of anilines is 2. The highest BCUT2D eigenvalue weighted by atomic mass is 16.5. The molecule has 1 aromatic carbocycles. The van der Waals surface area contributed by atoms with Gasteiger partial charge in [-0.05, 0) is 58.0 Å². The maximum Gasteiger partial charge on any atom is 0.276 e. The Morgan fingerprint density at radius 3 is 1.87 bits per heavy atom. The molecule has 19 nitrogen and oxygen atoms in total. The van der Waals surface area contributed by atoms with Crippen molar-refractivity contribution in [1.29, 1.82) is 0 Å². The van der Waals surface area contributed by atoms with E-state index >= 15 is 0 Å². The maximum atomic E-state index is 13.5. The normalized spacial score (nSPS) is 11.5. The molecule has 0 aliphatic carbocycles. The highest BCUT2D eigenvalue weighted by Crippen LogP contribution is 2.31. The highest BCUT2D eigenvalue weighted by Gasteiger charge is 2.23. The van der Waals surface area contributed by atoms with Crippen LogP contribution in [0.3, 0.4) is 0 Å². The molecule has 0 saturated heterocycles. The molecule has 6 rings (SSSR count). The molecule has 0 aliphatic heterocycles. The summed E-state index contributed by atoms with van der Waals surface area (Å²) in [4.78, 5) is 64.7. The standard InChI is InChI=1S/C35H39N13O6/c1-5-47-25(13-19(3)43-47)32(52)41-34-39-23-15-21(29(36)50)17-27(54-12-11-49)28(23)45(34)9-7-8-10-46-31-24(16-22(18-38-31)30(37)51)40-35(46)42-33(53)26-14-20(4)44-48(26)6-2/h7-8,13-18,49H,5-6,9-12H2,1-4H3,(H2,36,50)(H2,37,51)(H,39,41,52)(H,40,42,53)/b8-7+. The van der Waals surface area contributed by atoms with Crippen molar-refractivity contribution in [3.63, 3.8) is 0 Å². The number of aliphatic hydroxyl groups is 1. The van der Waals surface area contributed by atoms with Gasteiger partial charge in [0.15, 0.2) is 5.65 Å². The minimum absolute atomic E-state index is 0.0831. The summed E-state index contributed by atoms with van der Waals surface area (Å²) in [6.45, 7) is 8.16. The Hall–Kier alpha value is -6.89. The van der Waals surface area contributed by atoms with Crippen molar-refractivity contribution >= 4 is 57.7 Å². The topological polar surface area (TPSA) is 258 Å². The minimum Gasteiger partial charge on any atom is -0.489 e.